The van der Waals surface area contributed by atoms with Crippen molar-refractivity contribution in [3.63, 3.8) is 0 Å². The lowest BCUT2D eigenvalue weighted by Gasteiger charge is -2.34. The number of hydrogen-bond donors (Lipinski definition) is 1. The Kier molecular flexibility index (Phi) is 3.05. The molecule has 0 aromatic heterocycles. The standard InChI is InChI=1S/C16H16N2O/c17-15-10-13-8-4-5-9-14(13)11-18(15)16(19)12-6-2-1-3-7-12/h1-9,15H,10-11,17H2. The number of nitrogens with zero attached hydrogens (tertiary/aromatic N) is 1. The van der Waals surface area contributed by atoms with E-state index < -0.39 is 0 Å². The molecule has 1 atom stereocenters. The maximum Gasteiger partial charge on any atom is 0.255 e. The molecule has 2 aromatic rings. The maximum atomic E-state index is 12.5. The van der Waals surface area contributed by atoms with Crippen LogP contribution < -0.4 is 5.73 Å². The Hall–Kier alpha value is -2.13. The third-order valence-electron chi connectivity index (χ3n) is 3.57. The Morgan fingerprint density at radius 1 is 1.00 bits per heavy atom. The number of rotatable bonds is 1. The van der Waals surface area contributed by atoms with Gasteiger partial charge in [-0.1, -0.05) is 42.5 Å². The second kappa shape index (κ2) is 4.86. The molecule has 1 aliphatic rings. The smallest absolute Gasteiger partial charge is 0.255 e. The van der Waals surface area contributed by atoms with Gasteiger partial charge in [0.2, 0.25) is 0 Å². The van der Waals surface area contributed by atoms with E-state index in [-0.39, 0.29) is 12.1 Å². The minimum atomic E-state index is -0.248. The van der Waals surface area contributed by atoms with Gasteiger partial charge < -0.3 is 10.6 Å². The van der Waals surface area contributed by atoms with E-state index in [1.165, 1.54) is 11.1 Å². The van der Waals surface area contributed by atoms with Crippen LogP contribution in [0.25, 0.3) is 0 Å². The molecule has 3 nitrogen and oxygen atoms in total. The molecular weight excluding hydrogens is 236 g/mol. The largest absolute Gasteiger partial charge is 0.319 e. The minimum Gasteiger partial charge on any atom is -0.319 e. The summed E-state index contributed by atoms with van der Waals surface area (Å²) < 4.78 is 0. The van der Waals surface area contributed by atoms with Gasteiger partial charge >= 0.3 is 0 Å². The maximum absolute atomic E-state index is 12.5. The highest BCUT2D eigenvalue weighted by atomic mass is 16.2. The molecule has 1 unspecified atom stereocenters. The molecule has 96 valence electrons. The first-order valence-electron chi connectivity index (χ1n) is 6.44. The average molecular weight is 252 g/mol. The first-order valence-corrected chi connectivity index (χ1v) is 6.44. The molecule has 1 aliphatic heterocycles. The summed E-state index contributed by atoms with van der Waals surface area (Å²) in [7, 11) is 0. The molecule has 0 aliphatic carbocycles. The third-order valence-corrected chi connectivity index (χ3v) is 3.57. The van der Waals surface area contributed by atoms with Gasteiger partial charge in [0.05, 0.1) is 6.17 Å². The number of benzene rings is 2. The van der Waals surface area contributed by atoms with Crippen LogP contribution in [-0.2, 0) is 13.0 Å². The first kappa shape index (κ1) is 11.9. The normalized spacial score (nSPS) is 17.9. The van der Waals surface area contributed by atoms with Gasteiger partial charge in [-0.3, -0.25) is 4.79 Å². The fourth-order valence-electron chi connectivity index (χ4n) is 2.52. The van der Waals surface area contributed by atoms with E-state index in [1.807, 2.05) is 42.5 Å². The summed E-state index contributed by atoms with van der Waals surface area (Å²) >= 11 is 0. The van der Waals surface area contributed by atoms with E-state index in [9.17, 15) is 4.79 Å². The molecule has 2 aromatic carbocycles. The van der Waals surface area contributed by atoms with E-state index in [1.54, 1.807) is 4.90 Å². The molecule has 2 N–H and O–H groups in total. The Balaban J connectivity index is 1.89. The quantitative estimate of drug-likeness (QED) is 0.845. The lowest BCUT2D eigenvalue weighted by molar-refractivity contribution is 0.0646. The molecule has 0 fully saturated rings. The van der Waals surface area contributed by atoms with E-state index in [4.69, 9.17) is 5.73 Å². The minimum absolute atomic E-state index is 0.00241. The van der Waals surface area contributed by atoms with Crippen molar-refractivity contribution in [1.82, 2.24) is 4.90 Å². The van der Waals surface area contributed by atoms with Crippen molar-refractivity contribution < 1.29 is 4.79 Å². The number of carbonyl (C=O) groups excluding carboxylic acids is 1. The molecule has 1 heterocycles. The van der Waals surface area contributed by atoms with E-state index >= 15 is 0 Å². The van der Waals surface area contributed by atoms with Crippen LogP contribution in [0.5, 0.6) is 0 Å². The SMILES string of the molecule is NC1Cc2ccccc2CN1C(=O)c1ccccc1. The molecule has 3 rings (SSSR count). The Morgan fingerprint density at radius 2 is 1.63 bits per heavy atom. The van der Waals surface area contributed by atoms with Crippen LogP contribution in [-0.4, -0.2) is 17.0 Å². The summed E-state index contributed by atoms with van der Waals surface area (Å²) in [6.07, 6.45) is 0.469. The fraction of sp³-hybridized carbons (Fsp3) is 0.188. The number of fused-ring (bicyclic) bond motifs is 1. The van der Waals surface area contributed by atoms with Crippen molar-refractivity contribution in [2.45, 2.75) is 19.1 Å². The summed E-state index contributed by atoms with van der Waals surface area (Å²) in [6, 6.07) is 17.5. The van der Waals surface area contributed by atoms with E-state index in [0.717, 1.165) is 6.42 Å². The van der Waals surface area contributed by atoms with Crippen molar-refractivity contribution in [1.29, 1.82) is 0 Å². The third kappa shape index (κ3) is 2.25. The van der Waals surface area contributed by atoms with Crippen molar-refractivity contribution in [2.75, 3.05) is 0 Å². The van der Waals surface area contributed by atoms with Crippen LogP contribution in [0.4, 0.5) is 0 Å². The highest BCUT2D eigenvalue weighted by Crippen LogP contribution is 2.22. The van der Waals surface area contributed by atoms with E-state index in [2.05, 4.69) is 12.1 Å². The summed E-state index contributed by atoms with van der Waals surface area (Å²) in [5.41, 5.74) is 9.26. The lowest BCUT2D eigenvalue weighted by Crippen LogP contribution is -2.49. The molecular formula is C16H16N2O. The molecule has 0 radical (unpaired) electrons. The van der Waals surface area contributed by atoms with Crippen LogP contribution in [0.1, 0.15) is 21.5 Å². The van der Waals surface area contributed by atoms with Gasteiger partial charge in [0, 0.05) is 18.5 Å². The van der Waals surface area contributed by atoms with Crippen LogP contribution in [0.15, 0.2) is 54.6 Å². The molecule has 1 amide bonds. The lowest BCUT2D eigenvalue weighted by atomic mass is 9.97. The highest BCUT2D eigenvalue weighted by Gasteiger charge is 2.27. The molecule has 19 heavy (non-hydrogen) atoms. The zero-order valence-electron chi connectivity index (χ0n) is 10.6. The van der Waals surface area contributed by atoms with Gasteiger partial charge in [-0.05, 0) is 23.3 Å². The van der Waals surface area contributed by atoms with Crippen LogP contribution in [0, 0.1) is 0 Å². The van der Waals surface area contributed by atoms with Crippen LogP contribution in [0.2, 0.25) is 0 Å². The fourth-order valence-corrected chi connectivity index (χ4v) is 2.52. The number of carbonyl (C=O) groups is 1. The predicted octanol–water partition coefficient (Wildman–Crippen LogP) is 2.17. The molecule has 0 saturated carbocycles. The van der Waals surface area contributed by atoms with Crippen molar-refractivity contribution >= 4 is 5.91 Å². The summed E-state index contributed by atoms with van der Waals surface area (Å²) in [6.45, 7) is 0.588. The average Bonchev–Trinajstić information content (AvgIpc) is 2.47. The number of nitrogens with two attached hydrogens (primary N) is 1. The monoisotopic (exact) mass is 252 g/mol. The molecule has 3 heteroatoms. The molecule has 0 saturated heterocycles. The Morgan fingerprint density at radius 3 is 2.37 bits per heavy atom. The summed E-state index contributed by atoms with van der Waals surface area (Å²) in [5, 5.41) is 0. The second-order valence-corrected chi connectivity index (χ2v) is 4.84. The zero-order valence-corrected chi connectivity index (χ0v) is 10.6. The Labute approximate surface area is 112 Å². The molecule has 0 bridgehead atoms. The molecule has 0 spiro atoms. The van der Waals surface area contributed by atoms with Crippen LogP contribution in [0.3, 0.4) is 0 Å². The van der Waals surface area contributed by atoms with Gasteiger partial charge in [-0.15, -0.1) is 0 Å². The predicted molar refractivity (Wildman–Crippen MR) is 74.4 cm³/mol. The van der Waals surface area contributed by atoms with Gasteiger partial charge in [0.1, 0.15) is 0 Å². The van der Waals surface area contributed by atoms with Gasteiger partial charge in [0.25, 0.3) is 5.91 Å². The summed E-state index contributed by atoms with van der Waals surface area (Å²) in [4.78, 5) is 14.2. The summed E-state index contributed by atoms with van der Waals surface area (Å²) in [5.74, 6) is 0.00241. The van der Waals surface area contributed by atoms with Crippen molar-refractivity contribution in [3.8, 4) is 0 Å². The Bertz CT molecular complexity index is 595. The van der Waals surface area contributed by atoms with Crippen LogP contribution >= 0.6 is 0 Å². The van der Waals surface area contributed by atoms with Crippen molar-refractivity contribution in [3.05, 3.63) is 71.3 Å². The van der Waals surface area contributed by atoms with Gasteiger partial charge in [0.15, 0.2) is 0 Å². The highest BCUT2D eigenvalue weighted by molar-refractivity contribution is 5.94. The van der Waals surface area contributed by atoms with E-state index in [0.29, 0.717) is 12.1 Å². The number of amides is 1. The first-order chi connectivity index (χ1) is 9.25. The van der Waals surface area contributed by atoms with Gasteiger partial charge in [-0.2, -0.15) is 0 Å². The topological polar surface area (TPSA) is 46.3 Å². The second-order valence-electron chi connectivity index (χ2n) is 4.84. The number of hydrogen-bond acceptors (Lipinski definition) is 2. The van der Waals surface area contributed by atoms with Crippen molar-refractivity contribution in [2.24, 2.45) is 5.73 Å². The van der Waals surface area contributed by atoms with Gasteiger partial charge in [-0.25, -0.2) is 0 Å². The zero-order chi connectivity index (χ0) is 13.2.